The normalized spacial score (nSPS) is 32.4. The van der Waals surface area contributed by atoms with E-state index in [1.807, 2.05) is 6.92 Å². The van der Waals surface area contributed by atoms with E-state index in [0.29, 0.717) is 0 Å². The Morgan fingerprint density at radius 3 is 2.85 bits per heavy atom. The zero-order valence-electron chi connectivity index (χ0n) is 8.32. The van der Waals surface area contributed by atoms with Gasteiger partial charge in [-0.3, -0.25) is 4.79 Å². The molecule has 0 aromatic rings. The summed E-state index contributed by atoms with van der Waals surface area (Å²) in [6, 6.07) is 0. The molecule has 0 aliphatic carbocycles. The van der Waals surface area contributed by atoms with Gasteiger partial charge in [-0.1, -0.05) is 13.8 Å². The molecule has 0 spiro atoms. The van der Waals surface area contributed by atoms with E-state index in [4.69, 9.17) is 9.47 Å². The molecule has 0 N–H and O–H groups in total. The van der Waals surface area contributed by atoms with E-state index >= 15 is 0 Å². The van der Waals surface area contributed by atoms with E-state index in [-0.39, 0.29) is 24.1 Å². The van der Waals surface area contributed by atoms with Crippen LogP contribution in [0.4, 0.5) is 0 Å². The number of hydrogen-bond acceptors (Lipinski definition) is 3. The summed E-state index contributed by atoms with van der Waals surface area (Å²) < 4.78 is 10.5. The third-order valence-electron chi connectivity index (χ3n) is 2.33. The Bertz CT molecular complexity index is 210. The first-order valence-electron chi connectivity index (χ1n) is 4.64. The second-order valence-electron chi connectivity index (χ2n) is 3.34. The quantitative estimate of drug-likeness (QED) is 0.615. The zero-order valence-corrected chi connectivity index (χ0v) is 8.32. The Kier molecular flexibility index (Phi) is 3.34. The van der Waals surface area contributed by atoms with Crippen molar-refractivity contribution < 1.29 is 14.3 Å². The van der Waals surface area contributed by atoms with Crippen LogP contribution in [0, 0.1) is 5.92 Å². The highest BCUT2D eigenvalue weighted by molar-refractivity contribution is 5.66. The molecule has 0 radical (unpaired) electrons. The molecule has 0 saturated carbocycles. The predicted molar refractivity (Wildman–Crippen MR) is 49.0 cm³/mol. The molecule has 0 unspecified atom stereocenters. The molecule has 13 heavy (non-hydrogen) atoms. The molecule has 0 aromatic carbocycles. The van der Waals surface area contributed by atoms with Crippen LogP contribution in [0.5, 0.6) is 0 Å². The topological polar surface area (TPSA) is 35.5 Å². The Labute approximate surface area is 78.7 Å². The highest BCUT2D eigenvalue weighted by atomic mass is 16.5. The summed E-state index contributed by atoms with van der Waals surface area (Å²) in [6.45, 7) is 5.52. The largest absolute Gasteiger partial charge is 0.498 e. The molecule has 74 valence electrons. The van der Waals surface area contributed by atoms with Gasteiger partial charge >= 0.3 is 5.97 Å². The number of esters is 1. The van der Waals surface area contributed by atoms with E-state index in [9.17, 15) is 4.79 Å². The van der Waals surface area contributed by atoms with Gasteiger partial charge in [0.1, 0.15) is 12.2 Å². The lowest BCUT2D eigenvalue weighted by molar-refractivity contribution is -0.149. The standard InChI is InChI=1S/C10H16O3/c1-4-9-7(2)10(5-6-12-9)13-8(3)11/h5-7,9-10H,4H2,1-3H3/t7-,9+,10+/m0/s1. The molecular weight excluding hydrogens is 168 g/mol. The minimum absolute atomic E-state index is 0.129. The fourth-order valence-corrected chi connectivity index (χ4v) is 1.54. The van der Waals surface area contributed by atoms with Crippen molar-refractivity contribution in [1.82, 2.24) is 0 Å². The maximum Gasteiger partial charge on any atom is 0.303 e. The summed E-state index contributed by atoms with van der Waals surface area (Å²) in [5, 5.41) is 0. The maximum absolute atomic E-state index is 10.8. The second-order valence-corrected chi connectivity index (χ2v) is 3.34. The van der Waals surface area contributed by atoms with Crippen molar-refractivity contribution in [2.75, 3.05) is 0 Å². The lowest BCUT2D eigenvalue weighted by Crippen LogP contribution is -2.35. The van der Waals surface area contributed by atoms with Gasteiger partial charge in [0.25, 0.3) is 0 Å². The van der Waals surface area contributed by atoms with Gasteiger partial charge in [0.15, 0.2) is 0 Å². The van der Waals surface area contributed by atoms with Crippen molar-refractivity contribution in [3.63, 3.8) is 0 Å². The first kappa shape index (κ1) is 10.1. The van der Waals surface area contributed by atoms with Gasteiger partial charge in [0.05, 0.1) is 6.26 Å². The molecule has 1 heterocycles. The number of ether oxygens (including phenoxy) is 2. The summed E-state index contributed by atoms with van der Waals surface area (Å²) >= 11 is 0. The predicted octanol–water partition coefficient (Wildman–Crippen LogP) is 1.88. The minimum atomic E-state index is -0.238. The van der Waals surface area contributed by atoms with Crippen LogP contribution in [0.15, 0.2) is 12.3 Å². The lowest BCUT2D eigenvalue weighted by atomic mass is 9.94. The first-order valence-corrected chi connectivity index (χ1v) is 4.64. The summed E-state index contributed by atoms with van der Waals surface area (Å²) in [6.07, 6.45) is 4.38. The van der Waals surface area contributed by atoms with Gasteiger partial charge in [-0.2, -0.15) is 0 Å². The average Bonchev–Trinajstić information content (AvgIpc) is 2.08. The van der Waals surface area contributed by atoms with Crippen molar-refractivity contribution in [1.29, 1.82) is 0 Å². The molecule has 1 rings (SSSR count). The van der Waals surface area contributed by atoms with Gasteiger partial charge in [-0.05, 0) is 12.5 Å². The SMILES string of the molecule is CC[C@H]1OC=C[C@@H](OC(C)=O)[C@H]1C. The Balaban J connectivity index is 2.59. The molecule has 3 heteroatoms. The van der Waals surface area contributed by atoms with Gasteiger partial charge in [0.2, 0.25) is 0 Å². The van der Waals surface area contributed by atoms with Crippen LogP contribution in [-0.4, -0.2) is 18.2 Å². The van der Waals surface area contributed by atoms with Gasteiger partial charge in [-0.25, -0.2) is 0 Å². The monoisotopic (exact) mass is 184 g/mol. The molecule has 0 amide bonds. The number of carbonyl (C=O) groups excluding carboxylic acids is 1. The molecule has 3 nitrogen and oxygen atoms in total. The van der Waals surface area contributed by atoms with Crippen LogP contribution < -0.4 is 0 Å². The zero-order chi connectivity index (χ0) is 9.84. The molecule has 3 atom stereocenters. The van der Waals surface area contributed by atoms with E-state index in [2.05, 4.69) is 6.92 Å². The highest BCUT2D eigenvalue weighted by Gasteiger charge is 2.28. The summed E-state index contributed by atoms with van der Waals surface area (Å²) in [7, 11) is 0. The Hall–Kier alpha value is -0.990. The van der Waals surface area contributed by atoms with Crippen molar-refractivity contribution in [2.24, 2.45) is 5.92 Å². The molecule has 1 aliphatic heterocycles. The summed E-state index contributed by atoms with van der Waals surface area (Å²) in [5.41, 5.74) is 0. The third-order valence-corrected chi connectivity index (χ3v) is 2.33. The third kappa shape index (κ3) is 2.47. The van der Waals surface area contributed by atoms with Crippen molar-refractivity contribution in [3.8, 4) is 0 Å². The lowest BCUT2D eigenvalue weighted by Gasteiger charge is -2.31. The van der Waals surface area contributed by atoms with E-state index in [0.717, 1.165) is 6.42 Å². The first-order chi connectivity index (χ1) is 6.15. The van der Waals surface area contributed by atoms with Crippen LogP contribution in [0.2, 0.25) is 0 Å². The highest BCUT2D eigenvalue weighted by Crippen LogP contribution is 2.23. The molecule has 0 fully saturated rings. The van der Waals surface area contributed by atoms with Crippen LogP contribution in [0.1, 0.15) is 27.2 Å². The van der Waals surface area contributed by atoms with Crippen LogP contribution in [-0.2, 0) is 14.3 Å². The van der Waals surface area contributed by atoms with Crippen LogP contribution in [0.25, 0.3) is 0 Å². The van der Waals surface area contributed by atoms with E-state index in [1.165, 1.54) is 6.92 Å². The van der Waals surface area contributed by atoms with E-state index in [1.54, 1.807) is 12.3 Å². The Morgan fingerprint density at radius 1 is 1.62 bits per heavy atom. The average molecular weight is 184 g/mol. The van der Waals surface area contributed by atoms with E-state index < -0.39 is 0 Å². The fourth-order valence-electron chi connectivity index (χ4n) is 1.54. The van der Waals surface area contributed by atoms with Crippen molar-refractivity contribution >= 4 is 5.97 Å². The molecule has 0 saturated heterocycles. The number of hydrogen-bond donors (Lipinski definition) is 0. The van der Waals surface area contributed by atoms with Crippen molar-refractivity contribution in [2.45, 2.75) is 39.4 Å². The molecule has 1 aliphatic rings. The van der Waals surface area contributed by atoms with Crippen molar-refractivity contribution in [3.05, 3.63) is 12.3 Å². The van der Waals surface area contributed by atoms with Gasteiger partial charge < -0.3 is 9.47 Å². The van der Waals surface area contributed by atoms with Crippen LogP contribution >= 0.6 is 0 Å². The summed E-state index contributed by atoms with van der Waals surface area (Å²) in [5.74, 6) is -0.00264. The van der Waals surface area contributed by atoms with Gasteiger partial charge in [0, 0.05) is 12.8 Å². The maximum atomic E-state index is 10.8. The van der Waals surface area contributed by atoms with Crippen LogP contribution in [0.3, 0.4) is 0 Å². The minimum Gasteiger partial charge on any atom is -0.498 e. The second kappa shape index (κ2) is 4.30. The summed E-state index contributed by atoms with van der Waals surface area (Å²) in [4.78, 5) is 10.8. The Morgan fingerprint density at radius 2 is 2.31 bits per heavy atom. The fraction of sp³-hybridized carbons (Fsp3) is 0.700. The molecule has 0 aromatic heterocycles. The smallest absolute Gasteiger partial charge is 0.303 e. The molecular formula is C10H16O3. The number of carbonyl (C=O) groups is 1. The van der Waals surface area contributed by atoms with Gasteiger partial charge in [-0.15, -0.1) is 0 Å². The molecule has 0 bridgehead atoms. The number of rotatable bonds is 2.